The molecule has 4 nitrogen and oxygen atoms in total. The molecular formula is C12H13NO3. The van der Waals surface area contributed by atoms with E-state index in [2.05, 4.69) is 0 Å². The van der Waals surface area contributed by atoms with Crippen LogP contribution in [0.2, 0.25) is 0 Å². The highest BCUT2D eigenvalue weighted by molar-refractivity contribution is 5.85. The lowest BCUT2D eigenvalue weighted by atomic mass is 10.0. The maximum absolute atomic E-state index is 11.5. The predicted octanol–water partition coefficient (Wildman–Crippen LogP) is 2.68. The van der Waals surface area contributed by atoms with Gasteiger partial charge in [-0.3, -0.25) is 14.9 Å². The van der Waals surface area contributed by atoms with E-state index in [1.807, 2.05) is 6.92 Å². The van der Waals surface area contributed by atoms with Gasteiger partial charge in [0.1, 0.15) is 5.78 Å². The second kappa shape index (κ2) is 4.04. The van der Waals surface area contributed by atoms with Crippen LogP contribution in [0.4, 0.5) is 5.69 Å². The van der Waals surface area contributed by atoms with Crippen LogP contribution in [0.1, 0.15) is 31.2 Å². The van der Waals surface area contributed by atoms with Crippen LogP contribution in [0, 0.1) is 16.0 Å². The van der Waals surface area contributed by atoms with Crippen LogP contribution in [0.5, 0.6) is 0 Å². The number of hydrogen-bond donors (Lipinski definition) is 0. The Labute approximate surface area is 93.4 Å². The molecule has 16 heavy (non-hydrogen) atoms. The third kappa shape index (κ3) is 1.83. The molecule has 0 radical (unpaired) electrons. The summed E-state index contributed by atoms with van der Waals surface area (Å²) in [6.07, 6.45) is 1.28. The molecule has 2 rings (SSSR count). The monoisotopic (exact) mass is 219 g/mol. The molecule has 2 atom stereocenters. The van der Waals surface area contributed by atoms with Gasteiger partial charge in [0, 0.05) is 29.9 Å². The van der Waals surface area contributed by atoms with Crippen LogP contribution in [0.25, 0.3) is 0 Å². The highest BCUT2D eigenvalue weighted by Crippen LogP contribution is 2.50. The Balaban J connectivity index is 2.24. The van der Waals surface area contributed by atoms with E-state index in [4.69, 9.17) is 0 Å². The quantitative estimate of drug-likeness (QED) is 0.577. The van der Waals surface area contributed by atoms with Gasteiger partial charge in [0.15, 0.2) is 0 Å². The molecule has 1 aliphatic rings. The van der Waals surface area contributed by atoms with Crippen molar-refractivity contribution in [3.63, 3.8) is 0 Å². The van der Waals surface area contributed by atoms with E-state index in [0.717, 1.165) is 6.42 Å². The summed E-state index contributed by atoms with van der Waals surface area (Å²) in [5.41, 5.74) is 0.846. The fourth-order valence-corrected chi connectivity index (χ4v) is 2.12. The third-order valence-corrected chi connectivity index (χ3v) is 3.09. The zero-order valence-corrected chi connectivity index (χ0v) is 9.05. The zero-order valence-electron chi connectivity index (χ0n) is 9.05. The van der Waals surface area contributed by atoms with Crippen LogP contribution < -0.4 is 0 Å². The molecule has 1 saturated carbocycles. The van der Waals surface area contributed by atoms with E-state index in [1.165, 1.54) is 6.07 Å². The Bertz CT molecular complexity index is 442. The van der Waals surface area contributed by atoms with E-state index in [0.29, 0.717) is 12.0 Å². The summed E-state index contributed by atoms with van der Waals surface area (Å²) in [6, 6.07) is 6.70. The molecule has 1 fully saturated rings. The van der Waals surface area contributed by atoms with Crippen LogP contribution in [-0.4, -0.2) is 10.7 Å². The number of benzene rings is 1. The lowest BCUT2D eigenvalue weighted by Gasteiger charge is -2.00. The highest BCUT2D eigenvalue weighted by Gasteiger charge is 2.45. The van der Waals surface area contributed by atoms with Crippen molar-refractivity contribution in [1.82, 2.24) is 0 Å². The third-order valence-electron chi connectivity index (χ3n) is 3.09. The van der Waals surface area contributed by atoms with Crippen molar-refractivity contribution in [3.8, 4) is 0 Å². The number of Topliss-reactive ketones (excluding diaryl/α,β-unsaturated/α-hetero) is 1. The number of para-hydroxylation sites is 1. The molecule has 0 aromatic heterocycles. The van der Waals surface area contributed by atoms with Crippen LogP contribution >= 0.6 is 0 Å². The molecule has 0 heterocycles. The molecule has 84 valence electrons. The number of carbonyl (C=O) groups excluding carboxylic acids is 1. The first kappa shape index (κ1) is 10.8. The number of hydrogen-bond acceptors (Lipinski definition) is 3. The summed E-state index contributed by atoms with van der Waals surface area (Å²) in [7, 11) is 0. The highest BCUT2D eigenvalue weighted by atomic mass is 16.6. The van der Waals surface area contributed by atoms with Crippen molar-refractivity contribution in [3.05, 3.63) is 39.9 Å². The summed E-state index contributed by atoms with van der Waals surface area (Å²) in [5, 5.41) is 10.8. The summed E-state index contributed by atoms with van der Waals surface area (Å²) in [4.78, 5) is 21.9. The zero-order chi connectivity index (χ0) is 11.7. The smallest absolute Gasteiger partial charge is 0.272 e. The van der Waals surface area contributed by atoms with Gasteiger partial charge in [0.25, 0.3) is 5.69 Å². The average molecular weight is 219 g/mol. The molecule has 0 amide bonds. The van der Waals surface area contributed by atoms with Crippen molar-refractivity contribution in [1.29, 1.82) is 0 Å². The Kier molecular flexibility index (Phi) is 2.73. The van der Waals surface area contributed by atoms with Crippen LogP contribution in [0.15, 0.2) is 24.3 Å². The topological polar surface area (TPSA) is 60.2 Å². The van der Waals surface area contributed by atoms with Crippen molar-refractivity contribution < 1.29 is 9.72 Å². The Morgan fingerprint density at radius 3 is 2.81 bits per heavy atom. The number of carbonyl (C=O) groups is 1. The van der Waals surface area contributed by atoms with E-state index >= 15 is 0 Å². The van der Waals surface area contributed by atoms with Gasteiger partial charge in [-0.1, -0.05) is 25.1 Å². The van der Waals surface area contributed by atoms with Gasteiger partial charge < -0.3 is 0 Å². The summed E-state index contributed by atoms with van der Waals surface area (Å²) < 4.78 is 0. The van der Waals surface area contributed by atoms with Gasteiger partial charge in [-0.25, -0.2) is 0 Å². The second-order valence-electron chi connectivity index (χ2n) is 4.08. The Morgan fingerprint density at radius 2 is 2.19 bits per heavy atom. The molecule has 1 aromatic rings. The van der Waals surface area contributed by atoms with Gasteiger partial charge >= 0.3 is 0 Å². The fourth-order valence-electron chi connectivity index (χ4n) is 2.12. The van der Waals surface area contributed by atoms with E-state index in [1.54, 1.807) is 18.2 Å². The van der Waals surface area contributed by atoms with Gasteiger partial charge in [-0.15, -0.1) is 0 Å². The minimum Gasteiger partial charge on any atom is -0.299 e. The molecule has 2 unspecified atom stereocenters. The van der Waals surface area contributed by atoms with Gasteiger partial charge in [-0.05, 0) is 6.42 Å². The van der Waals surface area contributed by atoms with E-state index < -0.39 is 0 Å². The molecule has 1 aromatic carbocycles. The van der Waals surface area contributed by atoms with Crippen molar-refractivity contribution in [2.24, 2.45) is 5.92 Å². The van der Waals surface area contributed by atoms with E-state index in [9.17, 15) is 14.9 Å². The lowest BCUT2D eigenvalue weighted by molar-refractivity contribution is -0.385. The first-order valence-electron chi connectivity index (χ1n) is 5.41. The number of nitro benzene ring substituents is 1. The molecule has 0 N–H and O–H groups in total. The minimum atomic E-state index is -0.374. The maximum Gasteiger partial charge on any atom is 0.272 e. The Hall–Kier alpha value is -1.71. The number of ketones is 1. The predicted molar refractivity (Wildman–Crippen MR) is 59.2 cm³/mol. The van der Waals surface area contributed by atoms with Gasteiger partial charge in [0.05, 0.1) is 4.92 Å². The number of nitrogens with zero attached hydrogens (tertiary/aromatic N) is 1. The Morgan fingerprint density at radius 1 is 1.50 bits per heavy atom. The molecular weight excluding hydrogens is 206 g/mol. The molecule has 0 spiro atoms. The molecule has 0 aliphatic heterocycles. The fraction of sp³-hybridized carbons (Fsp3) is 0.417. The standard InChI is InChI=1S/C12H13NO3/c1-2-12(14)10-7-9(10)8-5-3-4-6-11(8)13(15)16/h3-6,9-10H,2,7H2,1H3. The molecule has 0 saturated heterocycles. The van der Waals surface area contributed by atoms with Crippen molar-refractivity contribution in [2.75, 3.05) is 0 Å². The summed E-state index contributed by atoms with van der Waals surface area (Å²) >= 11 is 0. The first-order valence-corrected chi connectivity index (χ1v) is 5.41. The number of nitro groups is 1. The molecule has 4 heteroatoms. The largest absolute Gasteiger partial charge is 0.299 e. The normalized spacial score (nSPS) is 22.8. The summed E-state index contributed by atoms with van der Waals surface area (Å²) in [6.45, 7) is 1.83. The number of rotatable bonds is 4. The lowest BCUT2D eigenvalue weighted by Crippen LogP contribution is -2.01. The van der Waals surface area contributed by atoms with Crippen LogP contribution in [-0.2, 0) is 4.79 Å². The SMILES string of the molecule is CCC(=O)C1CC1c1ccccc1[N+](=O)[O-]. The second-order valence-corrected chi connectivity index (χ2v) is 4.08. The van der Waals surface area contributed by atoms with Crippen molar-refractivity contribution in [2.45, 2.75) is 25.7 Å². The van der Waals surface area contributed by atoms with Gasteiger partial charge in [-0.2, -0.15) is 0 Å². The van der Waals surface area contributed by atoms with Crippen LogP contribution in [0.3, 0.4) is 0 Å². The molecule has 1 aliphatic carbocycles. The molecule has 0 bridgehead atoms. The van der Waals surface area contributed by atoms with E-state index in [-0.39, 0.29) is 28.2 Å². The summed E-state index contributed by atoms with van der Waals surface area (Å²) in [5.74, 6) is 0.281. The first-order chi connectivity index (χ1) is 7.65. The maximum atomic E-state index is 11.5. The van der Waals surface area contributed by atoms with Gasteiger partial charge in [0.2, 0.25) is 0 Å². The minimum absolute atomic E-state index is 0.00565. The van der Waals surface area contributed by atoms with Crippen molar-refractivity contribution >= 4 is 11.5 Å². The average Bonchev–Trinajstić information content (AvgIpc) is 3.08.